The van der Waals surface area contributed by atoms with Crippen molar-refractivity contribution >= 4 is 23.4 Å². The topological polar surface area (TPSA) is 79.5 Å². The van der Waals surface area contributed by atoms with Crippen molar-refractivity contribution in [3.8, 4) is 0 Å². The Balaban J connectivity index is 2.63. The molecule has 0 aliphatic heterocycles. The minimum Gasteiger partial charge on any atom is -0.443 e. The Hall–Kier alpha value is -2.24. The van der Waals surface area contributed by atoms with E-state index in [-0.39, 0.29) is 5.91 Å². The van der Waals surface area contributed by atoms with Crippen LogP contribution < -0.4 is 16.2 Å². The molecule has 6 heteroatoms. The van der Waals surface area contributed by atoms with Crippen LogP contribution in [0, 0.1) is 0 Å². The van der Waals surface area contributed by atoms with E-state index in [9.17, 15) is 9.59 Å². The summed E-state index contributed by atoms with van der Waals surface area (Å²) in [6.07, 6.45) is 0.642. The number of hydrogen-bond acceptors (Lipinski definition) is 4. The number of benzene rings is 1. The fraction of sp³-hybridized carbons (Fsp3) is 0.467. The molecule has 0 fully saturated rings. The lowest BCUT2D eigenvalue weighted by Gasteiger charge is -2.20. The van der Waals surface area contributed by atoms with E-state index >= 15 is 0 Å². The molecule has 1 aromatic carbocycles. The standard InChI is InChI=1S/C15H23N3O3/c1-5-8-13(19)16-11-9-6-7-10-12(11)17-18-14(20)21-15(2,3)4/h6-7,9-10,17H,5,8H2,1-4H3,(H,16,19)(H,18,20). The highest BCUT2D eigenvalue weighted by atomic mass is 16.6. The molecule has 1 aromatic rings. The van der Waals surface area contributed by atoms with Crippen LogP contribution >= 0.6 is 0 Å². The van der Waals surface area contributed by atoms with E-state index in [1.807, 2.05) is 6.92 Å². The van der Waals surface area contributed by atoms with Crippen LogP contribution in [0.2, 0.25) is 0 Å². The molecule has 21 heavy (non-hydrogen) atoms. The molecule has 0 aliphatic carbocycles. The molecule has 1 rings (SSSR count). The van der Waals surface area contributed by atoms with Crippen LogP contribution in [0.1, 0.15) is 40.5 Å². The summed E-state index contributed by atoms with van der Waals surface area (Å²) in [5, 5.41) is 2.79. The number of amides is 2. The SMILES string of the molecule is CCCC(=O)Nc1ccccc1NNC(=O)OC(C)(C)C. The first-order chi connectivity index (χ1) is 9.81. The van der Waals surface area contributed by atoms with E-state index in [0.29, 0.717) is 17.8 Å². The number of hydrazine groups is 1. The summed E-state index contributed by atoms with van der Waals surface area (Å²) in [6, 6.07) is 7.11. The van der Waals surface area contributed by atoms with Crippen LogP contribution in [0.15, 0.2) is 24.3 Å². The molecule has 3 N–H and O–H groups in total. The van der Waals surface area contributed by atoms with Gasteiger partial charge in [0.15, 0.2) is 0 Å². The molecule has 0 spiro atoms. The van der Waals surface area contributed by atoms with Gasteiger partial charge in [-0.1, -0.05) is 19.1 Å². The van der Waals surface area contributed by atoms with Crippen molar-refractivity contribution in [1.82, 2.24) is 5.43 Å². The number of ether oxygens (including phenoxy) is 1. The van der Waals surface area contributed by atoms with Crippen molar-refractivity contribution < 1.29 is 14.3 Å². The second-order valence-electron chi connectivity index (χ2n) is 5.60. The average Bonchev–Trinajstić information content (AvgIpc) is 2.36. The van der Waals surface area contributed by atoms with Crippen molar-refractivity contribution in [3.05, 3.63) is 24.3 Å². The summed E-state index contributed by atoms with van der Waals surface area (Å²) in [4.78, 5) is 23.2. The molecule has 0 saturated carbocycles. The van der Waals surface area contributed by atoms with E-state index in [4.69, 9.17) is 4.74 Å². The lowest BCUT2D eigenvalue weighted by molar-refractivity contribution is -0.116. The number of hydrogen-bond donors (Lipinski definition) is 3. The van der Waals surface area contributed by atoms with E-state index < -0.39 is 11.7 Å². The van der Waals surface area contributed by atoms with Gasteiger partial charge in [0.1, 0.15) is 5.60 Å². The number of nitrogens with one attached hydrogen (secondary N) is 3. The predicted octanol–water partition coefficient (Wildman–Crippen LogP) is 3.28. The van der Waals surface area contributed by atoms with Crippen LogP contribution in [-0.4, -0.2) is 17.6 Å². The van der Waals surface area contributed by atoms with Crippen molar-refractivity contribution in [2.24, 2.45) is 0 Å². The maximum Gasteiger partial charge on any atom is 0.426 e. The maximum absolute atomic E-state index is 11.6. The molecule has 0 aromatic heterocycles. The van der Waals surface area contributed by atoms with E-state index in [1.165, 1.54) is 0 Å². The second kappa shape index (κ2) is 7.52. The quantitative estimate of drug-likeness (QED) is 0.728. The van der Waals surface area contributed by atoms with Gasteiger partial charge in [0.25, 0.3) is 0 Å². The van der Waals surface area contributed by atoms with Crippen molar-refractivity contribution in [2.75, 3.05) is 10.7 Å². The summed E-state index contributed by atoms with van der Waals surface area (Å²) in [5.41, 5.74) is 5.81. The van der Waals surface area contributed by atoms with Gasteiger partial charge in [0.2, 0.25) is 5.91 Å². The highest BCUT2D eigenvalue weighted by Crippen LogP contribution is 2.20. The molecule has 6 nitrogen and oxygen atoms in total. The number of carbonyl (C=O) groups excluding carboxylic acids is 2. The van der Waals surface area contributed by atoms with Crippen LogP contribution in [0.5, 0.6) is 0 Å². The minimum absolute atomic E-state index is 0.0657. The first-order valence-electron chi connectivity index (χ1n) is 6.95. The molecular weight excluding hydrogens is 270 g/mol. The van der Waals surface area contributed by atoms with Crippen LogP contribution in [0.4, 0.5) is 16.2 Å². The summed E-state index contributed by atoms with van der Waals surface area (Å²) in [6.45, 7) is 7.29. The van der Waals surface area contributed by atoms with Gasteiger partial charge in [-0.2, -0.15) is 0 Å². The molecule has 116 valence electrons. The second-order valence-corrected chi connectivity index (χ2v) is 5.60. The zero-order valence-electron chi connectivity index (χ0n) is 12.9. The number of anilines is 2. The zero-order valence-corrected chi connectivity index (χ0v) is 12.9. The van der Waals surface area contributed by atoms with Crippen molar-refractivity contribution in [3.63, 3.8) is 0 Å². The lowest BCUT2D eigenvalue weighted by Crippen LogP contribution is -2.36. The van der Waals surface area contributed by atoms with Gasteiger partial charge in [0, 0.05) is 6.42 Å². The van der Waals surface area contributed by atoms with Gasteiger partial charge in [-0.15, -0.1) is 0 Å². The fourth-order valence-corrected chi connectivity index (χ4v) is 1.56. The van der Waals surface area contributed by atoms with Crippen LogP contribution in [-0.2, 0) is 9.53 Å². The predicted molar refractivity (Wildman–Crippen MR) is 83.0 cm³/mol. The summed E-state index contributed by atoms with van der Waals surface area (Å²) in [5.74, 6) is -0.0657. The molecule has 0 atom stereocenters. The van der Waals surface area contributed by atoms with Crippen LogP contribution in [0.3, 0.4) is 0 Å². The Bertz CT molecular complexity index is 495. The molecule has 0 heterocycles. The molecule has 0 bridgehead atoms. The summed E-state index contributed by atoms with van der Waals surface area (Å²) in [7, 11) is 0. The molecule has 2 amide bonds. The fourth-order valence-electron chi connectivity index (χ4n) is 1.56. The Kier molecular flexibility index (Phi) is 6.02. The number of rotatable bonds is 5. The van der Waals surface area contributed by atoms with Gasteiger partial charge in [0.05, 0.1) is 11.4 Å². The summed E-state index contributed by atoms with van der Waals surface area (Å²) >= 11 is 0. The molecule has 0 aliphatic rings. The first-order valence-corrected chi connectivity index (χ1v) is 6.95. The molecule has 0 saturated heterocycles. The molecular formula is C15H23N3O3. The van der Waals surface area contributed by atoms with E-state index in [1.54, 1.807) is 45.0 Å². The Morgan fingerprint density at radius 1 is 1.14 bits per heavy atom. The number of carbonyl (C=O) groups is 2. The zero-order chi connectivity index (χ0) is 15.9. The van der Waals surface area contributed by atoms with Crippen molar-refractivity contribution in [2.45, 2.75) is 46.1 Å². The van der Waals surface area contributed by atoms with Crippen molar-refractivity contribution in [1.29, 1.82) is 0 Å². The van der Waals surface area contributed by atoms with Gasteiger partial charge in [-0.3, -0.25) is 10.2 Å². The Morgan fingerprint density at radius 2 is 1.76 bits per heavy atom. The van der Waals surface area contributed by atoms with Gasteiger partial charge < -0.3 is 10.1 Å². The third kappa shape index (κ3) is 6.65. The number of para-hydroxylation sites is 2. The highest BCUT2D eigenvalue weighted by molar-refractivity contribution is 5.94. The van der Waals surface area contributed by atoms with Gasteiger partial charge in [-0.05, 0) is 39.3 Å². The average molecular weight is 293 g/mol. The lowest BCUT2D eigenvalue weighted by atomic mass is 10.2. The molecule has 0 unspecified atom stereocenters. The third-order valence-electron chi connectivity index (χ3n) is 2.38. The minimum atomic E-state index is -0.586. The van der Waals surface area contributed by atoms with E-state index in [0.717, 1.165) is 6.42 Å². The van der Waals surface area contributed by atoms with Crippen LogP contribution in [0.25, 0.3) is 0 Å². The molecule has 0 radical (unpaired) electrons. The van der Waals surface area contributed by atoms with E-state index in [2.05, 4.69) is 16.2 Å². The smallest absolute Gasteiger partial charge is 0.426 e. The maximum atomic E-state index is 11.6. The highest BCUT2D eigenvalue weighted by Gasteiger charge is 2.16. The Morgan fingerprint density at radius 3 is 2.33 bits per heavy atom. The normalized spacial score (nSPS) is 10.7. The largest absolute Gasteiger partial charge is 0.443 e. The monoisotopic (exact) mass is 293 g/mol. The first kappa shape index (κ1) is 16.8. The Labute approximate surface area is 125 Å². The summed E-state index contributed by atoms with van der Waals surface area (Å²) < 4.78 is 5.12. The van der Waals surface area contributed by atoms with Gasteiger partial charge >= 0.3 is 6.09 Å². The third-order valence-corrected chi connectivity index (χ3v) is 2.38. The van der Waals surface area contributed by atoms with Gasteiger partial charge in [-0.25, -0.2) is 10.2 Å².